The number of ether oxygens (including phenoxy) is 1. The highest BCUT2D eigenvalue weighted by molar-refractivity contribution is 5.90. The van der Waals surface area contributed by atoms with Crippen LogP contribution in [-0.4, -0.2) is 57.0 Å². The van der Waals surface area contributed by atoms with Crippen molar-refractivity contribution in [2.75, 3.05) is 13.2 Å². The monoisotopic (exact) mass is 199 g/mol. The molecule has 1 aliphatic heterocycles. The van der Waals surface area contributed by atoms with Gasteiger partial charge in [-0.15, -0.1) is 10.2 Å². The van der Waals surface area contributed by atoms with Gasteiger partial charge in [-0.25, -0.2) is 0 Å². The van der Waals surface area contributed by atoms with Gasteiger partial charge >= 0.3 is 0 Å². The summed E-state index contributed by atoms with van der Waals surface area (Å²) in [5.74, 6) is -0.530. The highest BCUT2D eigenvalue weighted by atomic mass is 16.5. The lowest BCUT2D eigenvalue weighted by Crippen LogP contribution is -2.42. The van der Waals surface area contributed by atoms with Crippen LogP contribution in [0.3, 0.4) is 0 Å². The summed E-state index contributed by atoms with van der Waals surface area (Å²) in [6, 6.07) is -0.402. The van der Waals surface area contributed by atoms with Crippen molar-refractivity contribution in [3.63, 3.8) is 0 Å². The second-order valence-electron chi connectivity index (χ2n) is 2.92. The highest BCUT2D eigenvalue weighted by Gasteiger charge is 2.28. The molecule has 8 nitrogen and oxygen atoms in total. The van der Waals surface area contributed by atoms with Crippen LogP contribution in [0.1, 0.15) is 10.6 Å². The minimum Gasteiger partial charge on any atom is -0.388 e. The first-order valence-corrected chi connectivity index (χ1v) is 4.07. The number of carbonyl (C=O) groups excluding carboxylic acids is 1. The zero-order valence-electron chi connectivity index (χ0n) is 7.17. The van der Waals surface area contributed by atoms with E-state index in [1.807, 2.05) is 0 Å². The predicted molar refractivity (Wildman–Crippen MR) is 42.3 cm³/mol. The number of tetrazole rings is 1. The van der Waals surface area contributed by atoms with Crippen molar-refractivity contribution in [3.8, 4) is 0 Å². The Morgan fingerprint density at radius 1 is 1.64 bits per heavy atom. The topological polar surface area (TPSA) is 113 Å². The molecule has 2 rings (SSSR count). The van der Waals surface area contributed by atoms with Gasteiger partial charge in [-0.05, 0) is 5.21 Å². The van der Waals surface area contributed by atoms with E-state index in [1.165, 1.54) is 0 Å². The van der Waals surface area contributed by atoms with E-state index in [0.29, 0.717) is 6.61 Å². The van der Waals surface area contributed by atoms with E-state index in [0.717, 1.165) is 0 Å². The van der Waals surface area contributed by atoms with Crippen LogP contribution in [0, 0.1) is 0 Å². The molecule has 0 aromatic carbocycles. The van der Waals surface area contributed by atoms with E-state index in [1.54, 1.807) is 0 Å². The molecule has 0 aliphatic carbocycles. The Labute approximate surface area is 78.6 Å². The number of hydrogen-bond acceptors (Lipinski definition) is 6. The molecule has 14 heavy (non-hydrogen) atoms. The molecule has 0 bridgehead atoms. The zero-order chi connectivity index (χ0) is 9.97. The lowest BCUT2D eigenvalue weighted by molar-refractivity contribution is 0.0876. The third-order valence-corrected chi connectivity index (χ3v) is 1.92. The largest absolute Gasteiger partial charge is 0.388 e. The summed E-state index contributed by atoms with van der Waals surface area (Å²) in [6.45, 7) is 0.530. The molecule has 0 radical (unpaired) electrons. The number of amides is 1. The zero-order valence-corrected chi connectivity index (χ0v) is 7.17. The Morgan fingerprint density at radius 3 is 3.07 bits per heavy atom. The maximum atomic E-state index is 11.3. The maximum absolute atomic E-state index is 11.3. The van der Waals surface area contributed by atoms with E-state index >= 15 is 0 Å². The SMILES string of the molecule is O=C(N[C@@H]1COC[C@H]1O)c1nn[nH]n1. The summed E-state index contributed by atoms with van der Waals surface area (Å²) in [7, 11) is 0. The fourth-order valence-corrected chi connectivity index (χ4v) is 1.17. The molecule has 8 heteroatoms. The summed E-state index contributed by atoms with van der Waals surface area (Å²) in [5.41, 5.74) is 0. The Kier molecular flexibility index (Phi) is 2.37. The van der Waals surface area contributed by atoms with Gasteiger partial charge in [-0.1, -0.05) is 0 Å². The Balaban J connectivity index is 1.95. The second-order valence-corrected chi connectivity index (χ2v) is 2.92. The molecule has 3 N–H and O–H groups in total. The van der Waals surface area contributed by atoms with Crippen molar-refractivity contribution in [1.82, 2.24) is 25.9 Å². The standard InChI is InChI=1S/C6H9N5O3/c12-4-2-14-1-3(4)7-6(13)5-8-10-11-9-5/h3-4,12H,1-2H2,(H,7,13)(H,8,9,10,11)/t3-,4-/m1/s1. The number of aromatic nitrogens is 4. The molecule has 2 atom stereocenters. The van der Waals surface area contributed by atoms with Crippen molar-refractivity contribution >= 4 is 5.91 Å². The summed E-state index contributed by atoms with van der Waals surface area (Å²) >= 11 is 0. The van der Waals surface area contributed by atoms with E-state index in [-0.39, 0.29) is 12.4 Å². The van der Waals surface area contributed by atoms with E-state index < -0.39 is 18.1 Å². The average Bonchev–Trinajstić information content (AvgIpc) is 2.77. The van der Waals surface area contributed by atoms with Gasteiger partial charge in [0.25, 0.3) is 11.7 Å². The normalized spacial score (nSPS) is 26.4. The first-order valence-electron chi connectivity index (χ1n) is 4.07. The Morgan fingerprint density at radius 2 is 2.50 bits per heavy atom. The van der Waals surface area contributed by atoms with Crippen LogP contribution in [0.15, 0.2) is 0 Å². The molecule has 0 unspecified atom stereocenters. The molecule has 1 amide bonds. The van der Waals surface area contributed by atoms with Crippen molar-refractivity contribution in [1.29, 1.82) is 0 Å². The van der Waals surface area contributed by atoms with E-state index in [4.69, 9.17) is 4.74 Å². The molecule has 76 valence electrons. The summed E-state index contributed by atoms with van der Waals surface area (Å²) < 4.78 is 4.96. The molecule has 1 aromatic rings. The van der Waals surface area contributed by atoms with Crippen LogP contribution in [0.25, 0.3) is 0 Å². The van der Waals surface area contributed by atoms with Crippen molar-refractivity contribution in [3.05, 3.63) is 5.82 Å². The number of nitrogens with zero attached hydrogens (tertiary/aromatic N) is 3. The number of hydrogen-bond donors (Lipinski definition) is 3. The van der Waals surface area contributed by atoms with Gasteiger partial charge in [-0.3, -0.25) is 4.79 Å². The predicted octanol–water partition coefficient (Wildman–Crippen LogP) is -2.31. The summed E-state index contributed by atoms with van der Waals surface area (Å²) in [5, 5.41) is 24.3. The first-order chi connectivity index (χ1) is 6.77. The van der Waals surface area contributed by atoms with Crippen LogP contribution < -0.4 is 5.32 Å². The Hall–Kier alpha value is -1.54. The number of aliphatic hydroxyl groups is 1. The van der Waals surface area contributed by atoms with Gasteiger partial charge in [0.15, 0.2) is 0 Å². The highest BCUT2D eigenvalue weighted by Crippen LogP contribution is 2.05. The van der Waals surface area contributed by atoms with Crippen LogP contribution in [0.2, 0.25) is 0 Å². The van der Waals surface area contributed by atoms with E-state index in [9.17, 15) is 9.90 Å². The number of rotatable bonds is 2. The lowest BCUT2D eigenvalue weighted by atomic mass is 10.2. The molecule has 0 spiro atoms. The second kappa shape index (κ2) is 3.68. The minimum atomic E-state index is -0.675. The minimum absolute atomic E-state index is 0.0518. The molecule has 1 aromatic heterocycles. The summed E-state index contributed by atoms with van der Waals surface area (Å²) in [4.78, 5) is 11.3. The van der Waals surface area contributed by atoms with Gasteiger partial charge in [0.05, 0.1) is 25.4 Å². The quantitative estimate of drug-likeness (QED) is 0.493. The Bertz CT molecular complexity index is 313. The molecule has 0 saturated carbocycles. The lowest BCUT2D eigenvalue weighted by Gasteiger charge is -2.12. The number of aliphatic hydroxyl groups excluding tert-OH is 1. The third-order valence-electron chi connectivity index (χ3n) is 1.92. The van der Waals surface area contributed by atoms with Crippen molar-refractivity contribution in [2.45, 2.75) is 12.1 Å². The van der Waals surface area contributed by atoms with Crippen molar-refractivity contribution < 1.29 is 14.6 Å². The van der Waals surface area contributed by atoms with Gasteiger partial charge in [0.2, 0.25) is 0 Å². The fraction of sp³-hybridized carbons (Fsp3) is 0.667. The molecular formula is C6H9N5O3. The molecule has 1 saturated heterocycles. The number of carbonyl (C=O) groups is 1. The third kappa shape index (κ3) is 1.70. The van der Waals surface area contributed by atoms with Crippen LogP contribution >= 0.6 is 0 Å². The molecule has 2 heterocycles. The van der Waals surface area contributed by atoms with Gasteiger partial charge in [0, 0.05) is 0 Å². The first kappa shape index (κ1) is 9.03. The molecular weight excluding hydrogens is 190 g/mol. The fourth-order valence-electron chi connectivity index (χ4n) is 1.17. The number of nitrogens with one attached hydrogen (secondary N) is 2. The molecule has 1 aliphatic rings. The van der Waals surface area contributed by atoms with Gasteiger partial charge in [0.1, 0.15) is 0 Å². The van der Waals surface area contributed by atoms with Crippen LogP contribution in [0.5, 0.6) is 0 Å². The van der Waals surface area contributed by atoms with Crippen LogP contribution in [0.4, 0.5) is 0 Å². The summed E-state index contributed by atoms with van der Waals surface area (Å²) in [6.07, 6.45) is -0.675. The van der Waals surface area contributed by atoms with E-state index in [2.05, 4.69) is 25.9 Å². The maximum Gasteiger partial charge on any atom is 0.293 e. The number of H-pyrrole nitrogens is 1. The smallest absolute Gasteiger partial charge is 0.293 e. The average molecular weight is 199 g/mol. The molecule has 1 fully saturated rings. The van der Waals surface area contributed by atoms with Gasteiger partial charge in [-0.2, -0.15) is 5.21 Å². The number of aromatic amines is 1. The van der Waals surface area contributed by atoms with Gasteiger partial charge < -0.3 is 15.2 Å². The van der Waals surface area contributed by atoms with Crippen LogP contribution in [-0.2, 0) is 4.74 Å². The van der Waals surface area contributed by atoms with Crippen molar-refractivity contribution in [2.24, 2.45) is 0 Å².